The first-order valence-electron chi connectivity index (χ1n) is 10.4. The van der Waals surface area contributed by atoms with Crippen molar-refractivity contribution in [3.63, 3.8) is 0 Å². The molecule has 1 aliphatic rings. The highest BCUT2D eigenvalue weighted by molar-refractivity contribution is 6.27. The van der Waals surface area contributed by atoms with Crippen LogP contribution in [0, 0.1) is 17.8 Å². The van der Waals surface area contributed by atoms with Crippen molar-refractivity contribution in [1.29, 1.82) is 0 Å². The van der Waals surface area contributed by atoms with Crippen molar-refractivity contribution in [2.45, 2.75) is 78.4 Å². The van der Waals surface area contributed by atoms with Gasteiger partial charge >= 0.3 is 0 Å². The summed E-state index contributed by atoms with van der Waals surface area (Å²) in [6.45, 7) is 10.9. The maximum Gasteiger partial charge on any atom is 0.246 e. The van der Waals surface area contributed by atoms with Crippen molar-refractivity contribution in [3.8, 4) is 0 Å². The Balaban J connectivity index is 2.13. The summed E-state index contributed by atoms with van der Waals surface area (Å²) in [6.07, 6.45) is 0.816. The van der Waals surface area contributed by atoms with Crippen LogP contribution in [-0.4, -0.2) is 59.0 Å². The molecule has 1 rings (SSSR count). The van der Waals surface area contributed by atoms with Crippen LogP contribution in [0.15, 0.2) is 0 Å². The van der Waals surface area contributed by atoms with Gasteiger partial charge < -0.3 is 24.3 Å². The Morgan fingerprint density at radius 2 is 2.15 bits per heavy atom. The van der Waals surface area contributed by atoms with Gasteiger partial charge in [-0.3, -0.25) is 4.79 Å². The summed E-state index contributed by atoms with van der Waals surface area (Å²) < 4.78 is 23.8. The third-order valence-electron chi connectivity index (χ3n) is 5.08. The molecule has 1 heterocycles. The number of ether oxygens (including phenoxy) is 2. The summed E-state index contributed by atoms with van der Waals surface area (Å²) in [5.41, 5.74) is 0. The Hall–Kier alpha value is -0.473. The lowest BCUT2D eigenvalue weighted by Crippen LogP contribution is -2.34. The molecule has 152 valence electrons. The van der Waals surface area contributed by atoms with Crippen LogP contribution in [0.5, 0.6) is 0 Å². The van der Waals surface area contributed by atoms with Gasteiger partial charge in [0.15, 0.2) is 6.29 Å². The van der Waals surface area contributed by atoms with Crippen molar-refractivity contribution in [1.82, 2.24) is 5.32 Å². The molecule has 0 aromatic heterocycles. The molecule has 0 aromatic carbocycles. The Morgan fingerprint density at radius 1 is 1.42 bits per heavy atom. The quantitative estimate of drug-likeness (QED) is 0.374. The number of amides is 1. The molecular weight excluding hydrogens is 350 g/mol. The molecule has 2 radical (unpaired) electrons. The van der Waals surface area contributed by atoms with E-state index in [1.807, 2.05) is 0 Å². The smallest absolute Gasteiger partial charge is 0.246 e. The van der Waals surface area contributed by atoms with E-state index in [0.717, 1.165) is 18.9 Å². The summed E-state index contributed by atoms with van der Waals surface area (Å²) in [6, 6.07) is 0.925. The van der Waals surface area contributed by atoms with Gasteiger partial charge in [-0.05, 0) is 30.2 Å². The molecular formula is C19H37NO5Si. The average Bonchev–Trinajstić information content (AvgIpc) is 2.95. The molecule has 26 heavy (non-hydrogen) atoms. The Bertz CT molecular complexity index is 429. The van der Waals surface area contributed by atoms with Crippen LogP contribution in [-0.2, 0) is 18.7 Å². The molecule has 0 spiro atoms. The van der Waals surface area contributed by atoms with Crippen molar-refractivity contribution < 1.29 is 25.2 Å². The highest BCUT2D eigenvalue weighted by atomic mass is 28.2. The summed E-state index contributed by atoms with van der Waals surface area (Å²) in [7, 11) is 0.443. The van der Waals surface area contributed by atoms with Crippen LogP contribution >= 0.6 is 0 Å². The van der Waals surface area contributed by atoms with Crippen LogP contribution in [0.25, 0.3) is 0 Å². The van der Waals surface area contributed by atoms with Gasteiger partial charge in [-0.2, -0.15) is 0 Å². The van der Waals surface area contributed by atoms with Crippen molar-refractivity contribution in [2.24, 2.45) is 17.8 Å². The fraction of sp³-hybridized carbons (Fsp3) is 0.947. The van der Waals surface area contributed by atoms with E-state index in [4.69, 9.17) is 15.3 Å². The number of carbonyl (C=O) groups is 1. The fourth-order valence-electron chi connectivity index (χ4n) is 2.73. The first-order chi connectivity index (χ1) is 12.8. The molecule has 0 aromatic rings. The highest BCUT2D eigenvalue weighted by Gasteiger charge is 2.27. The summed E-state index contributed by atoms with van der Waals surface area (Å²) >= 11 is 0. The molecule has 0 saturated carbocycles. The van der Waals surface area contributed by atoms with E-state index in [2.05, 4.69) is 39.9 Å². The van der Waals surface area contributed by atoms with Crippen LogP contribution in [0.2, 0.25) is 6.04 Å². The molecule has 0 bridgehead atoms. The molecule has 1 aliphatic heterocycles. The number of hydrogen-bond donors (Lipinski definition) is 2. The van der Waals surface area contributed by atoms with Crippen molar-refractivity contribution in [2.75, 3.05) is 19.7 Å². The molecule has 6 unspecified atom stereocenters. The number of hydrogen-bond acceptors (Lipinski definition) is 5. The third-order valence-corrected chi connectivity index (χ3v) is 6.08. The van der Waals surface area contributed by atoms with Gasteiger partial charge in [0.2, 0.25) is 15.7 Å². The second kappa shape index (κ2) is 12.8. The van der Waals surface area contributed by atoms with Crippen LogP contribution in [0.1, 0.15) is 55.3 Å². The van der Waals surface area contributed by atoms with Crippen LogP contribution in [0.3, 0.4) is 0 Å². The van der Waals surface area contributed by atoms with E-state index >= 15 is 0 Å². The van der Waals surface area contributed by atoms with Gasteiger partial charge in [0, 0.05) is 19.1 Å². The molecule has 2 N–H and O–H groups in total. The lowest BCUT2D eigenvalue weighted by molar-refractivity contribution is -0.143. The van der Waals surface area contributed by atoms with Gasteiger partial charge in [-0.1, -0.05) is 41.0 Å². The monoisotopic (exact) mass is 389 g/mol. The lowest BCUT2D eigenvalue weighted by atomic mass is 9.85. The number of aliphatic hydroxyl groups excluding tert-OH is 1. The maximum atomic E-state index is 11.8. The first kappa shape index (κ1) is 21.8. The highest BCUT2D eigenvalue weighted by Crippen LogP contribution is 2.25. The van der Waals surface area contributed by atoms with Gasteiger partial charge in [0.25, 0.3) is 0 Å². The zero-order valence-electron chi connectivity index (χ0n) is 17.9. The van der Waals surface area contributed by atoms with Gasteiger partial charge in [-0.25, -0.2) is 0 Å². The minimum atomic E-state index is -1.12. The van der Waals surface area contributed by atoms with Crippen LogP contribution in [0.4, 0.5) is 0 Å². The average molecular weight is 390 g/mol. The standard InChI is InChI=1S/C19H37NO5Si/c1-6-14(4)18(15(5)13(2)3)25-26-11-7-9-20-17(21)12-24-16-8-10-23-19(16)22/h13-16,18-19,22H,6-12H2,1-5H3,(H,20,21)/i10T. The normalized spacial score (nSPS) is 27.2. The summed E-state index contributed by atoms with van der Waals surface area (Å²) in [4.78, 5) is 11.8. The number of nitrogens with one attached hydrogen (secondary N) is 1. The summed E-state index contributed by atoms with van der Waals surface area (Å²) in [5.74, 6) is 1.46. The van der Waals surface area contributed by atoms with Crippen molar-refractivity contribution in [3.05, 3.63) is 0 Å². The SMILES string of the molecule is [3H]C1CC(OCC(=O)NCCC[Si]OC(C(C)CC)C(C)C(C)C)C(O)O1. The Kier molecular flexibility index (Phi) is 10.8. The molecule has 6 atom stereocenters. The topological polar surface area (TPSA) is 77.0 Å². The van der Waals surface area contributed by atoms with Gasteiger partial charge in [0.05, 0.1) is 7.95 Å². The zero-order chi connectivity index (χ0) is 20.4. The van der Waals surface area contributed by atoms with Gasteiger partial charge in [-0.15, -0.1) is 0 Å². The maximum absolute atomic E-state index is 11.8. The largest absolute Gasteiger partial charge is 0.414 e. The molecule has 1 amide bonds. The molecule has 1 saturated heterocycles. The molecule has 1 fully saturated rings. The Morgan fingerprint density at radius 3 is 2.73 bits per heavy atom. The lowest BCUT2D eigenvalue weighted by Gasteiger charge is -2.32. The second-order valence-corrected chi connectivity index (χ2v) is 8.47. The number of aliphatic hydroxyl groups is 1. The minimum Gasteiger partial charge on any atom is -0.414 e. The second-order valence-electron chi connectivity index (χ2n) is 7.45. The molecule has 7 heteroatoms. The molecule has 0 aliphatic carbocycles. The van der Waals surface area contributed by atoms with E-state index in [-0.39, 0.29) is 25.0 Å². The zero-order valence-corrected chi connectivity index (χ0v) is 17.9. The van der Waals surface area contributed by atoms with Crippen LogP contribution < -0.4 is 5.32 Å². The fourth-order valence-corrected chi connectivity index (χ4v) is 3.81. The molecule has 6 nitrogen and oxygen atoms in total. The van der Waals surface area contributed by atoms with E-state index in [1.54, 1.807) is 0 Å². The van der Waals surface area contributed by atoms with Gasteiger partial charge in [0.1, 0.15) is 12.7 Å². The van der Waals surface area contributed by atoms with Crippen molar-refractivity contribution >= 4 is 15.7 Å². The Labute approximate surface area is 162 Å². The number of rotatable bonds is 13. The minimum absolute atomic E-state index is 0.126. The van der Waals surface area contributed by atoms with E-state index in [9.17, 15) is 9.90 Å². The van der Waals surface area contributed by atoms with E-state index in [1.165, 1.54) is 0 Å². The third kappa shape index (κ3) is 8.48. The summed E-state index contributed by atoms with van der Waals surface area (Å²) in [5, 5.41) is 12.3. The first-order valence-corrected chi connectivity index (χ1v) is 10.9. The van der Waals surface area contributed by atoms with E-state index < -0.39 is 19.0 Å². The van der Waals surface area contributed by atoms with E-state index in [0.29, 0.717) is 34.1 Å². The predicted molar refractivity (Wildman–Crippen MR) is 103 cm³/mol. The number of carbonyl (C=O) groups excluding carboxylic acids is 1. The predicted octanol–water partition coefficient (Wildman–Crippen LogP) is 2.38.